The van der Waals surface area contributed by atoms with E-state index in [1.807, 2.05) is 43.3 Å². The molecule has 1 aromatic carbocycles. The molecule has 4 heteroatoms. The van der Waals surface area contributed by atoms with Crippen LogP contribution in [0.1, 0.15) is 23.6 Å². The van der Waals surface area contributed by atoms with Gasteiger partial charge in [0.1, 0.15) is 5.15 Å². The van der Waals surface area contributed by atoms with Gasteiger partial charge in [0.05, 0.1) is 17.6 Å². The highest BCUT2D eigenvalue weighted by molar-refractivity contribution is 6.29. The number of halogens is 2. The van der Waals surface area contributed by atoms with E-state index < -0.39 is 0 Å². The van der Waals surface area contributed by atoms with E-state index in [0.29, 0.717) is 11.7 Å². The summed E-state index contributed by atoms with van der Waals surface area (Å²) < 4.78 is 1.76. The highest BCUT2D eigenvalue weighted by Crippen LogP contribution is 2.22. The van der Waals surface area contributed by atoms with Gasteiger partial charge in [0, 0.05) is 0 Å². The molecule has 2 rings (SSSR count). The van der Waals surface area contributed by atoms with Crippen molar-refractivity contribution in [1.29, 1.82) is 0 Å². The van der Waals surface area contributed by atoms with E-state index >= 15 is 0 Å². The minimum atomic E-state index is -0.116. The third-order valence-electron chi connectivity index (χ3n) is 2.33. The number of hydrogen-bond acceptors (Lipinski definition) is 1. The van der Waals surface area contributed by atoms with Gasteiger partial charge in [-0.05, 0) is 18.6 Å². The predicted molar refractivity (Wildman–Crippen MR) is 67.0 cm³/mol. The summed E-state index contributed by atoms with van der Waals surface area (Å²) in [5.41, 5.74) is 1.98. The van der Waals surface area contributed by atoms with E-state index in [0.717, 1.165) is 5.69 Å². The Morgan fingerprint density at radius 1 is 1.31 bits per heavy atom. The van der Waals surface area contributed by atoms with Gasteiger partial charge in [-0.1, -0.05) is 41.9 Å². The van der Waals surface area contributed by atoms with Gasteiger partial charge in [-0.2, -0.15) is 5.10 Å². The highest BCUT2D eigenvalue weighted by Gasteiger charge is 2.10. The van der Waals surface area contributed by atoms with Gasteiger partial charge < -0.3 is 0 Å². The Bertz CT molecular complexity index is 463. The first-order chi connectivity index (χ1) is 7.66. The molecule has 0 aliphatic heterocycles. The van der Waals surface area contributed by atoms with Crippen LogP contribution in [0.4, 0.5) is 0 Å². The molecule has 0 aliphatic rings. The van der Waals surface area contributed by atoms with Crippen molar-refractivity contribution in [3.05, 3.63) is 52.8 Å². The summed E-state index contributed by atoms with van der Waals surface area (Å²) >= 11 is 12.0. The third-order valence-corrected chi connectivity index (χ3v) is 2.86. The van der Waals surface area contributed by atoms with E-state index in [2.05, 4.69) is 5.10 Å². The zero-order valence-corrected chi connectivity index (χ0v) is 10.4. The Kier molecular flexibility index (Phi) is 3.52. The van der Waals surface area contributed by atoms with Gasteiger partial charge in [0.15, 0.2) is 0 Å². The molecule has 0 fully saturated rings. The van der Waals surface area contributed by atoms with Gasteiger partial charge in [-0.15, -0.1) is 11.6 Å². The fourth-order valence-corrected chi connectivity index (χ4v) is 1.79. The van der Waals surface area contributed by atoms with Crippen LogP contribution in [-0.2, 0) is 6.54 Å². The maximum atomic E-state index is 6.08. The van der Waals surface area contributed by atoms with Crippen LogP contribution in [0.15, 0.2) is 36.4 Å². The molecule has 0 saturated heterocycles. The van der Waals surface area contributed by atoms with Crippen molar-refractivity contribution in [3.63, 3.8) is 0 Å². The van der Waals surface area contributed by atoms with E-state index in [1.165, 1.54) is 5.56 Å². The summed E-state index contributed by atoms with van der Waals surface area (Å²) in [7, 11) is 0. The third kappa shape index (κ3) is 2.57. The van der Waals surface area contributed by atoms with Crippen LogP contribution >= 0.6 is 23.2 Å². The summed E-state index contributed by atoms with van der Waals surface area (Å²) in [6.07, 6.45) is 0. The molecule has 1 atom stereocenters. The lowest BCUT2D eigenvalue weighted by Gasteiger charge is -2.03. The molecule has 0 amide bonds. The number of rotatable bonds is 3. The molecular weight excluding hydrogens is 243 g/mol. The van der Waals surface area contributed by atoms with E-state index in [-0.39, 0.29) is 5.38 Å². The molecule has 1 aromatic heterocycles. The average Bonchev–Trinajstić information content (AvgIpc) is 2.62. The van der Waals surface area contributed by atoms with Gasteiger partial charge in [0.25, 0.3) is 0 Å². The van der Waals surface area contributed by atoms with Crippen molar-refractivity contribution >= 4 is 23.2 Å². The first kappa shape index (κ1) is 11.5. The lowest BCUT2D eigenvalue weighted by atomic mass is 10.2. The van der Waals surface area contributed by atoms with Crippen LogP contribution in [0.2, 0.25) is 5.15 Å². The fraction of sp³-hybridized carbons (Fsp3) is 0.250. The largest absolute Gasteiger partial charge is 0.249 e. The zero-order valence-electron chi connectivity index (χ0n) is 8.90. The molecule has 0 saturated carbocycles. The van der Waals surface area contributed by atoms with Gasteiger partial charge in [0.2, 0.25) is 0 Å². The van der Waals surface area contributed by atoms with Gasteiger partial charge >= 0.3 is 0 Å². The maximum Gasteiger partial charge on any atom is 0.127 e. The van der Waals surface area contributed by atoms with Crippen LogP contribution < -0.4 is 0 Å². The Morgan fingerprint density at radius 3 is 2.56 bits per heavy atom. The molecule has 0 bridgehead atoms. The minimum Gasteiger partial charge on any atom is -0.249 e. The SMILES string of the molecule is CC(Cl)c1cc(Cl)n(Cc2ccccc2)n1. The van der Waals surface area contributed by atoms with E-state index in [9.17, 15) is 0 Å². The van der Waals surface area contributed by atoms with Crippen LogP contribution in [0.25, 0.3) is 0 Å². The van der Waals surface area contributed by atoms with Crippen molar-refractivity contribution in [1.82, 2.24) is 9.78 Å². The molecule has 0 N–H and O–H groups in total. The van der Waals surface area contributed by atoms with Crippen LogP contribution in [0.3, 0.4) is 0 Å². The topological polar surface area (TPSA) is 17.8 Å². The monoisotopic (exact) mass is 254 g/mol. The number of benzene rings is 1. The molecule has 1 heterocycles. The van der Waals surface area contributed by atoms with Gasteiger partial charge in [-0.25, -0.2) is 4.68 Å². The first-order valence-electron chi connectivity index (χ1n) is 5.08. The second kappa shape index (κ2) is 4.89. The van der Waals surface area contributed by atoms with Crippen molar-refractivity contribution in [3.8, 4) is 0 Å². The van der Waals surface area contributed by atoms with Crippen molar-refractivity contribution in [2.75, 3.05) is 0 Å². The van der Waals surface area contributed by atoms with E-state index in [4.69, 9.17) is 23.2 Å². The normalized spacial score (nSPS) is 12.7. The molecule has 0 radical (unpaired) electrons. The standard InChI is InChI=1S/C12H12Cl2N2/c1-9(13)11-7-12(14)16(15-11)8-10-5-3-2-4-6-10/h2-7,9H,8H2,1H3. The Balaban J connectivity index is 2.22. The van der Waals surface area contributed by atoms with E-state index in [1.54, 1.807) is 4.68 Å². The Hall–Kier alpha value is -0.990. The smallest absolute Gasteiger partial charge is 0.127 e. The molecular formula is C12H12Cl2N2. The lowest BCUT2D eigenvalue weighted by molar-refractivity contribution is 0.672. The summed E-state index contributed by atoms with van der Waals surface area (Å²) in [5.74, 6) is 0. The van der Waals surface area contributed by atoms with Gasteiger partial charge in [-0.3, -0.25) is 0 Å². The summed E-state index contributed by atoms with van der Waals surface area (Å²) in [6, 6.07) is 11.9. The molecule has 2 aromatic rings. The second-order valence-electron chi connectivity index (χ2n) is 3.65. The molecule has 16 heavy (non-hydrogen) atoms. The summed E-state index contributed by atoms with van der Waals surface area (Å²) in [5, 5.41) is 4.86. The molecule has 0 spiro atoms. The highest BCUT2D eigenvalue weighted by atomic mass is 35.5. The van der Waals surface area contributed by atoms with Crippen molar-refractivity contribution in [2.24, 2.45) is 0 Å². The van der Waals surface area contributed by atoms with Crippen LogP contribution in [-0.4, -0.2) is 9.78 Å². The predicted octanol–water partition coefficient (Wildman–Crippen LogP) is 3.88. The average molecular weight is 255 g/mol. The summed E-state index contributed by atoms with van der Waals surface area (Å²) in [6.45, 7) is 2.55. The molecule has 2 nitrogen and oxygen atoms in total. The molecule has 0 aliphatic carbocycles. The molecule has 1 unspecified atom stereocenters. The number of aromatic nitrogens is 2. The number of hydrogen-bond donors (Lipinski definition) is 0. The Morgan fingerprint density at radius 2 is 2.00 bits per heavy atom. The lowest BCUT2D eigenvalue weighted by Crippen LogP contribution is -2.02. The summed E-state index contributed by atoms with van der Waals surface area (Å²) in [4.78, 5) is 0. The van der Waals surface area contributed by atoms with Crippen LogP contribution in [0.5, 0.6) is 0 Å². The van der Waals surface area contributed by atoms with Crippen molar-refractivity contribution < 1.29 is 0 Å². The molecule has 84 valence electrons. The quantitative estimate of drug-likeness (QED) is 0.761. The first-order valence-corrected chi connectivity index (χ1v) is 5.89. The zero-order chi connectivity index (χ0) is 11.5. The number of nitrogens with zero attached hydrogens (tertiary/aromatic N) is 2. The second-order valence-corrected chi connectivity index (χ2v) is 4.69. The van der Waals surface area contributed by atoms with Crippen molar-refractivity contribution in [2.45, 2.75) is 18.8 Å². The fourth-order valence-electron chi connectivity index (χ4n) is 1.47. The van der Waals surface area contributed by atoms with Crippen LogP contribution in [0, 0.1) is 0 Å². The number of alkyl halides is 1. The Labute approximate surface area is 105 Å². The minimum absolute atomic E-state index is 0.116. The maximum absolute atomic E-state index is 6.08.